The number of aryl methyl sites for hydroxylation is 1. The molecule has 4 nitrogen and oxygen atoms in total. The van der Waals surface area contributed by atoms with Gasteiger partial charge in [-0.1, -0.05) is 54.1 Å². The Balaban J connectivity index is 1.48. The van der Waals surface area contributed by atoms with Gasteiger partial charge in [0.2, 0.25) is 5.91 Å². The van der Waals surface area contributed by atoms with Crippen LogP contribution in [-0.4, -0.2) is 22.4 Å². The number of hydrogen-bond acceptors (Lipinski definition) is 4. The third-order valence-electron chi connectivity index (χ3n) is 5.20. The molecule has 2 aromatic carbocycles. The van der Waals surface area contributed by atoms with E-state index in [0.29, 0.717) is 5.75 Å². The average Bonchev–Trinajstić information content (AvgIpc) is 2.68. The van der Waals surface area contributed by atoms with Crippen molar-refractivity contribution in [3.05, 3.63) is 59.7 Å². The van der Waals surface area contributed by atoms with Crippen LogP contribution in [0.15, 0.2) is 53.5 Å². The largest absolute Gasteiger partial charge is 0.361 e. The number of thioether (sulfide) groups is 1. The second kappa shape index (κ2) is 7.77. The number of carbonyl (C=O) groups excluding carboxylic acids is 1. The molecule has 2 aliphatic rings. The van der Waals surface area contributed by atoms with Crippen molar-refractivity contribution >= 4 is 34.1 Å². The highest BCUT2D eigenvalue weighted by Crippen LogP contribution is 2.39. The Morgan fingerprint density at radius 3 is 2.63 bits per heavy atom. The molecule has 0 bridgehead atoms. The summed E-state index contributed by atoms with van der Waals surface area (Å²) in [7, 11) is 0. The van der Waals surface area contributed by atoms with Crippen LogP contribution in [0.5, 0.6) is 0 Å². The smallest absolute Gasteiger partial charge is 0.234 e. The van der Waals surface area contributed by atoms with Crippen LogP contribution in [-0.2, 0) is 4.79 Å². The lowest BCUT2D eigenvalue weighted by Gasteiger charge is -2.39. The van der Waals surface area contributed by atoms with E-state index in [1.807, 2.05) is 37.3 Å². The Morgan fingerprint density at radius 2 is 1.85 bits per heavy atom. The zero-order valence-corrected chi connectivity index (χ0v) is 16.4. The van der Waals surface area contributed by atoms with Crippen LogP contribution in [0.25, 0.3) is 0 Å². The summed E-state index contributed by atoms with van der Waals surface area (Å²) in [6, 6.07) is 16.2. The Labute approximate surface area is 164 Å². The van der Waals surface area contributed by atoms with Crippen LogP contribution >= 0.6 is 11.8 Å². The molecule has 0 radical (unpaired) electrons. The second-order valence-corrected chi connectivity index (χ2v) is 8.35. The van der Waals surface area contributed by atoms with E-state index < -0.39 is 0 Å². The summed E-state index contributed by atoms with van der Waals surface area (Å²) in [6.07, 6.45) is 5.79. The maximum absolute atomic E-state index is 12.4. The fourth-order valence-electron chi connectivity index (χ4n) is 3.76. The highest BCUT2D eigenvalue weighted by Gasteiger charge is 2.36. The monoisotopic (exact) mass is 379 g/mol. The van der Waals surface area contributed by atoms with E-state index in [1.165, 1.54) is 36.6 Å². The summed E-state index contributed by atoms with van der Waals surface area (Å²) < 4.78 is 0. The number of nitrogens with zero attached hydrogens (tertiary/aromatic N) is 1. The molecule has 1 aliphatic carbocycles. The number of para-hydroxylation sites is 1. The third-order valence-corrected chi connectivity index (χ3v) is 6.19. The van der Waals surface area contributed by atoms with Gasteiger partial charge in [0.25, 0.3) is 0 Å². The second-order valence-electron chi connectivity index (χ2n) is 7.38. The molecule has 0 unspecified atom stereocenters. The molecule has 1 saturated carbocycles. The van der Waals surface area contributed by atoms with Gasteiger partial charge in [-0.25, -0.2) is 4.99 Å². The summed E-state index contributed by atoms with van der Waals surface area (Å²) >= 11 is 1.54. The molecule has 2 aromatic rings. The highest BCUT2D eigenvalue weighted by molar-refractivity contribution is 8.15. The van der Waals surface area contributed by atoms with Crippen molar-refractivity contribution in [3.8, 4) is 0 Å². The Bertz CT molecular complexity index is 854. The predicted octanol–water partition coefficient (Wildman–Crippen LogP) is 5.20. The lowest BCUT2D eigenvalue weighted by Crippen LogP contribution is -2.42. The van der Waals surface area contributed by atoms with Crippen molar-refractivity contribution in [2.45, 2.75) is 44.7 Å². The SMILES string of the molecule is Cc1ccc(NC(=O)CSC2=NC3(CCCCC3)Nc3ccccc32)cc1. The van der Waals surface area contributed by atoms with Gasteiger partial charge in [0, 0.05) is 16.9 Å². The first kappa shape index (κ1) is 18.1. The quantitative estimate of drug-likeness (QED) is 0.771. The molecule has 27 heavy (non-hydrogen) atoms. The number of rotatable bonds is 3. The minimum atomic E-state index is -0.192. The van der Waals surface area contributed by atoms with Crippen molar-refractivity contribution in [2.24, 2.45) is 4.99 Å². The Kier molecular flexibility index (Phi) is 5.21. The number of amides is 1. The van der Waals surface area contributed by atoms with E-state index in [2.05, 4.69) is 28.8 Å². The van der Waals surface area contributed by atoms with Crippen LogP contribution in [0.2, 0.25) is 0 Å². The van der Waals surface area contributed by atoms with E-state index in [4.69, 9.17) is 4.99 Å². The molecule has 1 heterocycles. The van der Waals surface area contributed by atoms with Gasteiger partial charge in [-0.3, -0.25) is 4.79 Å². The number of aliphatic imine (C=N–C) groups is 1. The van der Waals surface area contributed by atoms with Crippen molar-refractivity contribution in [1.82, 2.24) is 0 Å². The standard InChI is InChI=1S/C22H25N3OS/c1-16-9-11-17(12-10-16)23-20(26)15-27-21-18-7-3-4-8-19(18)24-22(25-21)13-5-2-6-14-22/h3-4,7-12,24H,2,5-6,13-15H2,1H3,(H,23,26). The number of hydrogen-bond donors (Lipinski definition) is 2. The highest BCUT2D eigenvalue weighted by atomic mass is 32.2. The van der Waals surface area contributed by atoms with Crippen LogP contribution in [0.1, 0.15) is 43.2 Å². The Morgan fingerprint density at radius 1 is 1.11 bits per heavy atom. The third kappa shape index (κ3) is 4.19. The predicted molar refractivity (Wildman–Crippen MR) is 115 cm³/mol. The molecule has 140 valence electrons. The van der Waals surface area contributed by atoms with Gasteiger partial charge in [0.05, 0.1) is 5.75 Å². The molecule has 0 atom stereocenters. The molecular weight excluding hydrogens is 354 g/mol. The van der Waals surface area contributed by atoms with E-state index in [1.54, 1.807) is 0 Å². The molecule has 5 heteroatoms. The van der Waals surface area contributed by atoms with Crippen LogP contribution in [0.3, 0.4) is 0 Å². The fraction of sp³-hybridized carbons (Fsp3) is 0.364. The van der Waals surface area contributed by atoms with Crippen molar-refractivity contribution < 1.29 is 4.79 Å². The molecule has 1 spiro atoms. The summed E-state index contributed by atoms with van der Waals surface area (Å²) in [5, 5.41) is 7.62. The molecule has 1 aliphatic heterocycles. The van der Waals surface area contributed by atoms with Gasteiger partial charge < -0.3 is 10.6 Å². The topological polar surface area (TPSA) is 53.5 Å². The molecular formula is C22H25N3OS. The average molecular weight is 380 g/mol. The van der Waals surface area contributed by atoms with Gasteiger partial charge in [0.15, 0.2) is 0 Å². The molecule has 2 N–H and O–H groups in total. The summed E-state index contributed by atoms with van der Waals surface area (Å²) in [6.45, 7) is 2.04. The van der Waals surface area contributed by atoms with E-state index in [0.717, 1.165) is 34.8 Å². The fourth-order valence-corrected chi connectivity index (χ4v) is 4.68. The first-order chi connectivity index (χ1) is 13.1. The van der Waals surface area contributed by atoms with E-state index in [-0.39, 0.29) is 11.6 Å². The number of anilines is 2. The van der Waals surface area contributed by atoms with Crippen LogP contribution in [0, 0.1) is 6.92 Å². The number of nitrogens with one attached hydrogen (secondary N) is 2. The van der Waals surface area contributed by atoms with Crippen molar-refractivity contribution in [2.75, 3.05) is 16.4 Å². The summed E-state index contributed by atoms with van der Waals surface area (Å²) in [5.74, 6) is 0.358. The van der Waals surface area contributed by atoms with Gasteiger partial charge >= 0.3 is 0 Å². The Hall–Kier alpha value is -2.27. The summed E-state index contributed by atoms with van der Waals surface area (Å²) in [5.41, 5.74) is 4.06. The maximum atomic E-state index is 12.4. The first-order valence-electron chi connectivity index (χ1n) is 9.60. The minimum Gasteiger partial charge on any atom is -0.361 e. The summed E-state index contributed by atoms with van der Waals surface area (Å²) in [4.78, 5) is 17.5. The van der Waals surface area contributed by atoms with Crippen molar-refractivity contribution in [3.63, 3.8) is 0 Å². The molecule has 1 amide bonds. The van der Waals surface area contributed by atoms with Gasteiger partial charge in [-0.05, 0) is 50.8 Å². The molecule has 1 fully saturated rings. The lowest BCUT2D eigenvalue weighted by molar-refractivity contribution is -0.113. The van der Waals surface area contributed by atoms with Gasteiger partial charge in [-0.15, -0.1) is 0 Å². The zero-order chi connectivity index (χ0) is 18.7. The van der Waals surface area contributed by atoms with Crippen molar-refractivity contribution in [1.29, 1.82) is 0 Å². The number of carbonyl (C=O) groups is 1. The van der Waals surface area contributed by atoms with Gasteiger partial charge in [0.1, 0.15) is 10.7 Å². The van der Waals surface area contributed by atoms with E-state index in [9.17, 15) is 4.79 Å². The minimum absolute atomic E-state index is 0.000242. The van der Waals surface area contributed by atoms with Gasteiger partial charge in [-0.2, -0.15) is 0 Å². The zero-order valence-electron chi connectivity index (χ0n) is 15.6. The first-order valence-corrected chi connectivity index (χ1v) is 10.6. The van der Waals surface area contributed by atoms with Crippen LogP contribution in [0.4, 0.5) is 11.4 Å². The van der Waals surface area contributed by atoms with E-state index >= 15 is 0 Å². The molecule has 4 rings (SSSR count). The number of fused-ring (bicyclic) bond motifs is 1. The normalized spacial score (nSPS) is 17.6. The number of benzene rings is 2. The molecule has 0 saturated heterocycles. The maximum Gasteiger partial charge on any atom is 0.234 e. The lowest BCUT2D eigenvalue weighted by atomic mass is 9.88. The molecule has 0 aromatic heterocycles. The van der Waals surface area contributed by atoms with Crippen LogP contribution < -0.4 is 10.6 Å².